The van der Waals surface area contributed by atoms with E-state index >= 15 is 0 Å². The van der Waals surface area contributed by atoms with Crippen LogP contribution in [0.25, 0.3) is 0 Å². The van der Waals surface area contributed by atoms with Crippen LogP contribution in [0.5, 0.6) is 11.5 Å². The standard InChI is InChI=1S/C22H26N4O4/c1-25-9-11-26(12-10-25)18(16-7-8-19-20(13-16)30-15-29-19)14-23-21(27)22(28)24-17-5-3-2-4-6-17/h2-8,13,18H,9-12,14-15H2,1H3,(H,23,27)(H,24,28)/t18-/m0/s1. The molecule has 0 unspecified atom stereocenters. The Hall–Kier alpha value is -3.10. The molecule has 2 amide bonds. The van der Waals surface area contributed by atoms with Gasteiger partial charge in [-0.15, -0.1) is 0 Å². The Labute approximate surface area is 175 Å². The van der Waals surface area contributed by atoms with Gasteiger partial charge in [0.2, 0.25) is 6.79 Å². The maximum atomic E-state index is 12.4. The summed E-state index contributed by atoms with van der Waals surface area (Å²) in [4.78, 5) is 29.3. The second-order valence-electron chi connectivity index (χ2n) is 7.50. The Morgan fingerprint density at radius 2 is 1.70 bits per heavy atom. The maximum absolute atomic E-state index is 12.4. The average molecular weight is 410 g/mol. The van der Waals surface area contributed by atoms with E-state index in [1.54, 1.807) is 24.3 Å². The highest BCUT2D eigenvalue weighted by molar-refractivity contribution is 6.39. The van der Waals surface area contributed by atoms with Crippen LogP contribution in [0.3, 0.4) is 0 Å². The lowest BCUT2D eigenvalue weighted by atomic mass is 10.0. The first kappa shape index (κ1) is 20.2. The summed E-state index contributed by atoms with van der Waals surface area (Å²) >= 11 is 0. The lowest BCUT2D eigenvalue weighted by molar-refractivity contribution is -0.136. The highest BCUT2D eigenvalue weighted by atomic mass is 16.7. The van der Waals surface area contributed by atoms with E-state index in [-0.39, 0.29) is 12.8 Å². The van der Waals surface area contributed by atoms with Gasteiger partial charge >= 0.3 is 11.8 Å². The number of nitrogens with one attached hydrogen (secondary N) is 2. The van der Waals surface area contributed by atoms with E-state index in [1.807, 2.05) is 24.3 Å². The molecule has 0 aliphatic carbocycles. The number of hydrogen-bond acceptors (Lipinski definition) is 6. The van der Waals surface area contributed by atoms with E-state index in [0.29, 0.717) is 18.0 Å². The first-order valence-electron chi connectivity index (χ1n) is 10.1. The van der Waals surface area contributed by atoms with Crippen LogP contribution >= 0.6 is 0 Å². The minimum Gasteiger partial charge on any atom is -0.454 e. The van der Waals surface area contributed by atoms with Gasteiger partial charge in [-0.05, 0) is 36.9 Å². The lowest BCUT2D eigenvalue weighted by Crippen LogP contribution is -2.49. The van der Waals surface area contributed by atoms with Crippen molar-refractivity contribution in [1.29, 1.82) is 0 Å². The van der Waals surface area contributed by atoms with Crippen molar-refractivity contribution in [2.24, 2.45) is 0 Å². The van der Waals surface area contributed by atoms with Crippen molar-refractivity contribution in [2.45, 2.75) is 6.04 Å². The number of likely N-dealkylation sites (N-methyl/N-ethyl adjacent to an activating group) is 1. The van der Waals surface area contributed by atoms with Crippen LogP contribution in [0.2, 0.25) is 0 Å². The molecule has 2 aromatic carbocycles. The zero-order valence-corrected chi connectivity index (χ0v) is 17.0. The summed E-state index contributed by atoms with van der Waals surface area (Å²) in [5, 5.41) is 5.42. The zero-order chi connectivity index (χ0) is 20.9. The van der Waals surface area contributed by atoms with E-state index < -0.39 is 11.8 Å². The van der Waals surface area contributed by atoms with Crippen LogP contribution in [0, 0.1) is 0 Å². The summed E-state index contributed by atoms with van der Waals surface area (Å²) in [6, 6.07) is 14.7. The molecule has 8 nitrogen and oxygen atoms in total. The number of benzene rings is 2. The van der Waals surface area contributed by atoms with Gasteiger partial charge in [0.15, 0.2) is 11.5 Å². The molecule has 1 fully saturated rings. The van der Waals surface area contributed by atoms with Gasteiger partial charge in [-0.25, -0.2) is 0 Å². The first-order chi connectivity index (χ1) is 14.6. The Kier molecular flexibility index (Phi) is 6.15. The molecule has 2 heterocycles. The number of anilines is 1. The smallest absolute Gasteiger partial charge is 0.313 e. The third kappa shape index (κ3) is 4.72. The van der Waals surface area contributed by atoms with Crippen molar-refractivity contribution in [1.82, 2.24) is 15.1 Å². The normalized spacial score (nSPS) is 17.4. The SMILES string of the molecule is CN1CCN([C@@H](CNC(=O)C(=O)Nc2ccccc2)c2ccc3c(c2)OCO3)CC1. The number of piperazine rings is 1. The third-order valence-electron chi connectivity index (χ3n) is 5.45. The van der Waals surface area contributed by atoms with E-state index in [4.69, 9.17) is 9.47 Å². The fraction of sp³-hybridized carbons (Fsp3) is 0.364. The van der Waals surface area contributed by atoms with Crippen molar-refractivity contribution in [3.63, 3.8) is 0 Å². The number of carbonyl (C=O) groups excluding carboxylic acids is 2. The molecule has 0 bridgehead atoms. The van der Waals surface area contributed by atoms with Gasteiger partial charge in [0.1, 0.15) is 0 Å². The highest BCUT2D eigenvalue weighted by Gasteiger charge is 2.27. The number of hydrogen-bond donors (Lipinski definition) is 2. The second kappa shape index (κ2) is 9.15. The van der Waals surface area contributed by atoms with Gasteiger partial charge < -0.3 is 25.0 Å². The van der Waals surface area contributed by atoms with Crippen LogP contribution in [0.15, 0.2) is 48.5 Å². The van der Waals surface area contributed by atoms with Crippen LogP contribution in [-0.2, 0) is 9.59 Å². The summed E-state index contributed by atoms with van der Waals surface area (Å²) in [6.45, 7) is 4.19. The van der Waals surface area contributed by atoms with Gasteiger partial charge in [-0.2, -0.15) is 0 Å². The van der Waals surface area contributed by atoms with Crippen LogP contribution in [0.1, 0.15) is 11.6 Å². The summed E-state index contributed by atoms with van der Waals surface area (Å²) in [6.07, 6.45) is 0. The van der Waals surface area contributed by atoms with Crippen LogP contribution < -0.4 is 20.1 Å². The van der Waals surface area contributed by atoms with Gasteiger partial charge in [-0.3, -0.25) is 14.5 Å². The summed E-state index contributed by atoms with van der Waals surface area (Å²) in [5.41, 5.74) is 1.61. The fourth-order valence-corrected chi connectivity index (χ4v) is 3.69. The summed E-state index contributed by atoms with van der Waals surface area (Å²) in [7, 11) is 2.10. The molecule has 0 radical (unpaired) electrons. The molecular weight excluding hydrogens is 384 g/mol. The van der Waals surface area contributed by atoms with Crippen LogP contribution in [0.4, 0.5) is 5.69 Å². The van der Waals surface area contributed by atoms with E-state index in [1.165, 1.54) is 0 Å². The maximum Gasteiger partial charge on any atom is 0.313 e. The quantitative estimate of drug-likeness (QED) is 0.727. The Bertz CT molecular complexity index is 897. The molecule has 8 heteroatoms. The van der Waals surface area contributed by atoms with Gasteiger partial charge in [-0.1, -0.05) is 24.3 Å². The minimum atomic E-state index is -0.677. The number of rotatable bonds is 5. The van der Waals surface area contributed by atoms with Crippen molar-refractivity contribution in [3.05, 3.63) is 54.1 Å². The van der Waals surface area contributed by atoms with Crippen LogP contribution in [-0.4, -0.2) is 68.2 Å². The molecule has 0 saturated carbocycles. The number of carbonyl (C=O) groups is 2. The molecule has 30 heavy (non-hydrogen) atoms. The van der Waals surface area contributed by atoms with E-state index in [2.05, 4.69) is 27.5 Å². The van der Waals surface area contributed by atoms with Crippen molar-refractivity contribution in [2.75, 3.05) is 51.9 Å². The van der Waals surface area contributed by atoms with Gasteiger partial charge in [0, 0.05) is 38.4 Å². The molecule has 2 aromatic rings. The highest BCUT2D eigenvalue weighted by Crippen LogP contribution is 2.35. The minimum absolute atomic E-state index is 0.0679. The molecular formula is C22H26N4O4. The second-order valence-corrected chi connectivity index (χ2v) is 7.50. The predicted octanol–water partition coefficient (Wildman–Crippen LogP) is 1.46. The molecule has 0 aromatic heterocycles. The molecule has 2 aliphatic rings. The Morgan fingerprint density at radius 1 is 0.967 bits per heavy atom. The molecule has 158 valence electrons. The average Bonchev–Trinajstić information content (AvgIpc) is 3.23. The fourth-order valence-electron chi connectivity index (χ4n) is 3.69. The van der Waals surface area contributed by atoms with Crippen molar-refractivity contribution < 1.29 is 19.1 Å². The number of nitrogens with zero attached hydrogens (tertiary/aromatic N) is 2. The van der Waals surface area contributed by atoms with Gasteiger partial charge in [0.05, 0.1) is 6.04 Å². The molecule has 1 atom stereocenters. The first-order valence-corrected chi connectivity index (χ1v) is 10.1. The van der Waals surface area contributed by atoms with Crippen molar-refractivity contribution >= 4 is 17.5 Å². The molecule has 1 saturated heterocycles. The summed E-state index contributed by atoms with van der Waals surface area (Å²) in [5.74, 6) is 0.102. The molecule has 0 spiro atoms. The Balaban J connectivity index is 1.44. The summed E-state index contributed by atoms with van der Waals surface area (Å²) < 4.78 is 10.9. The number of para-hydroxylation sites is 1. The predicted molar refractivity (Wildman–Crippen MR) is 112 cm³/mol. The van der Waals surface area contributed by atoms with E-state index in [9.17, 15) is 9.59 Å². The number of ether oxygens (including phenoxy) is 2. The number of amides is 2. The molecule has 2 N–H and O–H groups in total. The third-order valence-corrected chi connectivity index (χ3v) is 5.45. The monoisotopic (exact) mass is 410 g/mol. The lowest BCUT2D eigenvalue weighted by Gasteiger charge is -2.38. The largest absolute Gasteiger partial charge is 0.454 e. The van der Waals surface area contributed by atoms with Gasteiger partial charge in [0.25, 0.3) is 0 Å². The molecule has 4 rings (SSSR count). The topological polar surface area (TPSA) is 83.1 Å². The Morgan fingerprint density at radius 3 is 2.47 bits per heavy atom. The number of fused-ring (bicyclic) bond motifs is 1. The van der Waals surface area contributed by atoms with Crippen molar-refractivity contribution in [3.8, 4) is 11.5 Å². The van der Waals surface area contributed by atoms with E-state index in [0.717, 1.165) is 37.5 Å². The molecule has 2 aliphatic heterocycles. The zero-order valence-electron chi connectivity index (χ0n) is 17.0.